The van der Waals surface area contributed by atoms with Crippen molar-refractivity contribution in [2.45, 2.75) is 78.2 Å². The van der Waals surface area contributed by atoms with Gasteiger partial charge in [-0.1, -0.05) is 49.4 Å². The normalized spacial score (nSPS) is 14.7. The molecule has 1 aliphatic rings. The highest BCUT2D eigenvalue weighted by atomic mass is 127. The van der Waals surface area contributed by atoms with Gasteiger partial charge in [-0.05, 0) is 148 Å². The lowest BCUT2D eigenvalue weighted by Gasteiger charge is -2.37. The summed E-state index contributed by atoms with van der Waals surface area (Å²) in [6.45, 7) is 13.0. The zero-order chi connectivity index (χ0) is 37.8. The highest BCUT2D eigenvalue weighted by Crippen LogP contribution is 2.39. The van der Waals surface area contributed by atoms with Gasteiger partial charge < -0.3 is 29.7 Å². The Morgan fingerprint density at radius 2 is 1.17 bits per heavy atom. The minimum absolute atomic E-state index is 0.106. The lowest BCUT2D eigenvalue weighted by molar-refractivity contribution is -0.163. The number of nitrogens with one attached hydrogen (secondary N) is 1. The van der Waals surface area contributed by atoms with Crippen LogP contribution in [0.3, 0.4) is 0 Å². The van der Waals surface area contributed by atoms with Crippen molar-refractivity contribution < 1.29 is 38.8 Å². The predicted octanol–water partition coefficient (Wildman–Crippen LogP) is 8.47. The van der Waals surface area contributed by atoms with Crippen molar-refractivity contribution in [3.8, 4) is 23.0 Å². The summed E-state index contributed by atoms with van der Waals surface area (Å²) in [4.78, 5) is 39.6. The van der Waals surface area contributed by atoms with E-state index in [4.69, 9.17) is 14.2 Å². The van der Waals surface area contributed by atoms with Crippen LogP contribution in [0, 0.1) is 30.3 Å². The Morgan fingerprint density at radius 1 is 0.712 bits per heavy atom. The number of carbonyl (C=O) groups is 3. The molecule has 0 spiro atoms. The molecule has 274 valence electrons. The van der Waals surface area contributed by atoms with Crippen LogP contribution in [-0.2, 0) is 14.9 Å². The first-order valence-electron chi connectivity index (χ1n) is 17.5. The minimum atomic E-state index is -0.710. The van der Waals surface area contributed by atoms with E-state index in [0.717, 1.165) is 37.1 Å². The molecule has 1 aliphatic heterocycles. The Hall–Kier alpha value is -4.42. The Bertz CT molecular complexity index is 1830. The maximum Gasteiger partial charge on any atom is 0.348 e. The SMILES string of the molecule is Cc1ccc(C)c(C(=O)Oc2ccc(C(C)(CCC(=O)OC(C)(C)C3CCNCC3)c3ccc(OC(=O)c4c(I)ccc(C)c4O)cc3)cc2)c1O. The fourth-order valence-corrected chi connectivity index (χ4v) is 7.42. The number of hydrogen-bond donors (Lipinski definition) is 3. The second kappa shape index (κ2) is 16.1. The van der Waals surface area contributed by atoms with Gasteiger partial charge in [0.25, 0.3) is 0 Å². The molecule has 9 nitrogen and oxygen atoms in total. The Morgan fingerprint density at radius 3 is 1.71 bits per heavy atom. The number of piperidine rings is 1. The van der Waals surface area contributed by atoms with E-state index in [1.807, 2.05) is 67.6 Å². The van der Waals surface area contributed by atoms with Gasteiger partial charge in [-0.3, -0.25) is 4.79 Å². The predicted molar refractivity (Wildman–Crippen MR) is 207 cm³/mol. The number of rotatable bonds is 11. The largest absolute Gasteiger partial charge is 0.507 e. The first kappa shape index (κ1) is 38.8. The topological polar surface area (TPSA) is 131 Å². The van der Waals surface area contributed by atoms with Crippen molar-refractivity contribution in [2.24, 2.45) is 5.92 Å². The highest BCUT2D eigenvalue weighted by Gasteiger charge is 2.36. The van der Waals surface area contributed by atoms with Crippen molar-refractivity contribution in [3.63, 3.8) is 0 Å². The number of phenolic OH excluding ortho intramolecular Hbond substituents is 2. The molecular formula is C42H46INO8. The van der Waals surface area contributed by atoms with Crippen LogP contribution in [0.1, 0.15) is 95.0 Å². The quantitative estimate of drug-likeness (QED) is 0.0775. The molecule has 0 aliphatic carbocycles. The molecule has 0 aromatic heterocycles. The van der Waals surface area contributed by atoms with Crippen LogP contribution in [0.2, 0.25) is 0 Å². The molecule has 4 aromatic rings. The zero-order valence-electron chi connectivity index (χ0n) is 30.5. The molecule has 0 saturated carbocycles. The summed E-state index contributed by atoms with van der Waals surface area (Å²) >= 11 is 1.99. The van der Waals surface area contributed by atoms with E-state index in [1.54, 1.807) is 69.3 Å². The number of aryl methyl sites for hydroxylation is 3. The first-order valence-corrected chi connectivity index (χ1v) is 18.5. The van der Waals surface area contributed by atoms with E-state index in [0.29, 0.717) is 38.2 Å². The fourth-order valence-electron chi connectivity index (χ4n) is 6.77. The third-order valence-corrected chi connectivity index (χ3v) is 11.2. The summed E-state index contributed by atoms with van der Waals surface area (Å²) in [5.74, 6) is -0.965. The monoisotopic (exact) mass is 819 g/mol. The molecule has 4 aromatic carbocycles. The van der Waals surface area contributed by atoms with Crippen molar-refractivity contribution in [2.75, 3.05) is 13.1 Å². The maximum absolute atomic E-state index is 13.4. The molecule has 3 N–H and O–H groups in total. The fraction of sp³-hybridized carbons (Fsp3) is 0.357. The summed E-state index contributed by atoms with van der Waals surface area (Å²) in [7, 11) is 0. The number of ether oxygens (including phenoxy) is 3. The van der Waals surface area contributed by atoms with Gasteiger partial charge in [0.15, 0.2) is 0 Å². The van der Waals surface area contributed by atoms with Crippen molar-refractivity contribution >= 4 is 40.5 Å². The van der Waals surface area contributed by atoms with E-state index >= 15 is 0 Å². The van der Waals surface area contributed by atoms with Crippen molar-refractivity contribution in [3.05, 3.63) is 115 Å². The smallest absolute Gasteiger partial charge is 0.348 e. The van der Waals surface area contributed by atoms with Gasteiger partial charge in [0.05, 0.1) is 0 Å². The van der Waals surface area contributed by atoms with E-state index in [2.05, 4.69) is 5.32 Å². The van der Waals surface area contributed by atoms with Crippen LogP contribution in [0.25, 0.3) is 0 Å². The van der Waals surface area contributed by atoms with Crippen LogP contribution in [-0.4, -0.2) is 46.8 Å². The summed E-state index contributed by atoms with van der Waals surface area (Å²) in [5, 5.41) is 24.4. The van der Waals surface area contributed by atoms with E-state index in [-0.39, 0.29) is 40.9 Å². The number of carbonyl (C=O) groups excluding carboxylic acids is 3. The van der Waals surface area contributed by atoms with Crippen LogP contribution in [0.5, 0.6) is 23.0 Å². The number of hydrogen-bond acceptors (Lipinski definition) is 9. The molecule has 1 heterocycles. The summed E-state index contributed by atoms with van der Waals surface area (Å²) < 4.78 is 18.0. The Kier molecular flexibility index (Phi) is 12.0. The number of aromatic hydroxyl groups is 2. The number of halogens is 1. The second-order valence-electron chi connectivity index (χ2n) is 14.3. The van der Waals surface area contributed by atoms with E-state index < -0.39 is 23.0 Å². The summed E-state index contributed by atoms with van der Waals surface area (Å²) in [6, 6.07) is 21.2. The molecular weight excluding hydrogens is 773 g/mol. The number of benzene rings is 4. The van der Waals surface area contributed by atoms with Crippen LogP contribution in [0.4, 0.5) is 0 Å². The molecule has 52 heavy (non-hydrogen) atoms. The maximum atomic E-state index is 13.4. The molecule has 0 radical (unpaired) electrons. The Balaban J connectivity index is 1.39. The first-order chi connectivity index (χ1) is 24.6. The molecule has 1 atom stereocenters. The summed E-state index contributed by atoms with van der Waals surface area (Å²) in [5.41, 5.74) is 2.38. The van der Waals surface area contributed by atoms with Gasteiger partial charge in [-0.25, -0.2) is 9.59 Å². The standard InChI is InChI=1S/C42H46INO8/c1-25-7-8-26(2)37(46)35(25)39(48)50-31-14-10-29(11-15-31)42(6,22-19-34(45)52-41(4,5)28-20-23-44-24-21-28)30-12-16-32(17-13-30)51-40(49)36-33(43)18-9-27(3)38(36)47/h7-18,28,44,46-47H,19-24H2,1-6H3. The molecule has 5 rings (SSSR count). The van der Waals surface area contributed by atoms with Crippen LogP contribution < -0.4 is 14.8 Å². The molecule has 10 heteroatoms. The number of esters is 3. The van der Waals surface area contributed by atoms with Gasteiger partial charge in [0.2, 0.25) is 0 Å². The number of phenols is 2. The third-order valence-electron chi connectivity index (χ3n) is 10.3. The summed E-state index contributed by atoms with van der Waals surface area (Å²) in [6.07, 6.45) is 2.43. The van der Waals surface area contributed by atoms with Crippen LogP contribution in [0.15, 0.2) is 72.8 Å². The van der Waals surface area contributed by atoms with Gasteiger partial charge in [0, 0.05) is 21.3 Å². The molecule has 0 bridgehead atoms. The van der Waals surface area contributed by atoms with Crippen LogP contribution >= 0.6 is 22.6 Å². The van der Waals surface area contributed by atoms with Gasteiger partial charge in [0.1, 0.15) is 39.7 Å². The van der Waals surface area contributed by atoms with Gasteiger partial charge in [-0.15, -0.1) is 0 Å². The van der Waals surface area contributed by atoms with Gasteiger partial charge in [-0.2, -0.15) is 0 Å². The Labute approximate surface area is 318 Å². The minimum Gasteiger partial charge on any atom is -0.507 e. The van der Waals surface area contributed by atoms with E-state index in [9.17, 15) is 24.6 Å². The van der Waals surface area contributed by atoms with E-state index in [1.165, 1.54) is 0 Å². The van der Waals surface area contributed by atoms with Gasteiger partial charge >= 0.3 is 17.9 Å². The van der Waals surface area contributed by atoms with Crippen molar-refractivity contribution in [1.82, 2.24) is 5.32 Å². The average molecular weight is 820 g/mol. The zero-order valence-corrected chi connectivity index (χ0v) is 32.6. The van der Waals surface area contributed by atoms with Crippen molar-refractivity contribution in [1.29, 1.82) is 0 Å². The molecule has 1 unspecified atom stereocenters. The second-order valence-corrected chi connectivity index (χ2v) is 15.4. The third kappa shape index (κ3) is 8.61. The highest BCUT2D eigenvalue weighted by molar-refractivity contribution is 14.1. The molecule has 1 fully saturated rings. The lowest BCUT2D eigenvalue weighted by Crippen LogP contribution is -2.43. The average Bonchev–Trinajstić information content (AvgIpc) is 3.11. The lowest BCUT2D eigenvalue weighted by atomic mass is 9.73. The molecule has 1 saturated heterocycles. The molecule has 0 amide bonds.